The zero-order valence-electron chi connectivity index (χ0n) is 14.4. The number of amides is 1. The maximum Gasteiger partial charge on any atom is 0.232 e. The number of nitrogens with one attached hydrogen (secondary N) is 1. The minimum absolute atomic E-state index is 0.0435. The lowest BCUT2D eigenvalue weighted by molar-refractivity contribution is -0.174. The van der Waals surface area contributed by atoms with Crippen molar-refractivity contribution >= 4 is 34.0 Å². The molecule has 4 nitrogen and oxygen atoms in total. The second kappa shape index (κ2) is 5.78. The van der Waals surface area contributed by atoms with Crippen LogP contribution in [0.4, 0.5) is 5.13 Å². The van der Waals surface area contributed by atoms with Crippen LogP contribution in [-0.4, -0.2) is 21.6 Å². The maximum atomic E-state index is 13.1. The van der Waals surface area contributed by atoms with Crippen molar-refractivity contribution < 1.29 is 9.90 Å². The number of carbonyl (C=O) groups is 1. The summed E-state index contributed by atoms with van der Waals surface area (Å²) < 4.78 is 0. The van der Waals surface area contributed by atoms with Gasteiger partial charge in [-0.15, -0.1) is 11.3 Å². The Morgan fingerprint density at radius 1 is 1.19 bits per heavy atom. The Kier molecular flexibility index (Phi) is 3.72. The topological polar surface area (TPSA) is 62.2 Å². The highest BCUT2D eigenvalue weighted by Crippen LogP contribution is 2.61. The lowest BCUT2D eigenvalue weighted by Gasteiger charge is -2.59. The van der Waals surface area contributed by atoms with Crippen LogP contribution in [0.5, 0.6) is 0 Å². The van der Waals surface area contributed by atoms with E-state index in [-0.39, 0.29) is 5.91 Å². The minimum atomic E-state index is -0.626. The molecule has 2 N–H and O–H groups in total. The molecule has 4 aliphatic rings. The molecule has 0 spiro atoms. The van der Waals surface area contributed by atoms with Crippen molar-refractivity contribution in [1.82, 2.24) is 4.98 Å². The van der Waals surface area contributed by atoms with Crippen molar-refractivity contribution in [3.63, 3.8) is 0 Å². The van der Waals surface area contributed by atoms with Crippen LogP contribution >= 0.6 is 22.9 Å². The summed E-state index contributed by atoms with van der Waals surface area (Å²) in [5, 5.41) is 17.2. The molecular formula is C20H21ClN2O2S. The highest BCUT2D eigenvalue weighted by atomic mass is 35.5. The normalized spacial score (nSPS) is 34.8. The van der Waals surface area contributed by atoms with E-state index in [9.17, 15) is 9.90 Å². The second-order valence-electron chi connectivity index (χ2n) is 8.46. The highest BCUT2D eigenvalue weighted by molar-refractivity contribution is 7.14. The van der Waals surface area contributed by atoms with Crippen LogP contribution < -0.4 is 5.32 Å². The van der Waals surface area contributed by atoms with Crippen LogP contribution in [0, 0.1) is 17.3 Å². The molecule has 2 aromatic rings. The Morgan fingerprint density at radius 3 is 2.54 bits per heavy atom. The Labute approximate surface area is 161 Å². The number of carbonyl (C=O) groups excluding carboxylic acids is 1. The standard InChI is InChI=1S/C20H21ClN2O2S/c21-15-3-1-14(2-4-15)16-10-26-18(22-16)23-17(24)19-6-12-5-13(7-19)9-20(25,8-12)11-19/h1-4,10,12-13,25H,5-9,11H2,(H,22,23,24)/t12-,13+,19?,20?. The number of hydrogen-bond donors (Lipinski definition) is 2. The molecule has 4 aliphatic carbocycles. The van der Waals surface area contributed by atoms with E-state index in [0.29, 0.717) is 28.4 Å². The van der Waals surface area contributed by atoms with Gasteiger partial charge in [0.15, 0.2) is 5.13 Å². The van der Waals surface area contributed by atoms with Gasteiger partial charge in [-0.25, -0.2) is 4.98 Å². The first-order chi connectivity index (χ1) is 12.4. The summed E-state index contributed by atoms with van der Waals surface area (Å²) in [5.41, 5.74) is 0.783. The molecule has 136 valence electrons. The Bertz CT molecular complexity index is 849. The Balaban J connectivity index is 1.36. The summed E-state index contributed by atoms with van der Waals surface area (Å²) in [7, 11) is 0. The molecule has 2 unspecified atom stereocenters. The van der Waals surface area contributed by atoms with E-state index < -0.39 is 11.0 Å². The van der Waals surface area contributed by atoms with Crippen LogP contribution in [-0.2, 0) is 4.79 Å². The molecular weight excluding hydrogens is 368 g/mol. The molecule has 26 heavy (non-hydrogen) atoms. The lowest BCUT2D eigenvalue weighted by atomic mass is 9.47. The molecule has 1 amide bonds. The Morgan fingerprint density at radius 2 is 1.88 bits per heavy atom. The molecule has 0 aliphatic heterocycles. The van der Waals surface area contributed by atoms with Crippen LogP contribution in [0.25, 0.3) is 11.3 Å². The summed E-state index contributed by atoms with van der Waals surface area (Å²) in [6, 6.07) is 7.53. The van der Waals surface area contributed by atoms with Gasteiger partial charge in [-0.05, 0) is 62.5 Å². The van der Waals surface area contributed by atoms with Crippen LogP contribution in [0.3, 0.4) is 0 Å². The first kappa shape index (κ1) is 16.7. The van der Waals surface area contributed by atoms with Gasteiger partial charge in [0, 0.05) is 16.0 Å². The Hall–Kier alpha value is -1.43. The highest BCUT2D eigenvalue weighted by Gasteiger charge is 2.60. The number of halogens is 1. The van der Waals surface area contributed by atoms with Gasteiger partial charge in [-0.2, -0.15) is 0 Å². The summed E-state index contributed by atoms with van der Waals surface area (Å²) >= 11 is 7.38. The number of rotatable bonds is 3. The largest absolute Gasteiger partial charge is 0.390 e. The van der Waals surface area contributed by atoms with Crippen molar-refractivity contribution in [3.8, 4) is 11.3 Å². The van der Waals surface area contributed by atoms with Crippen LogP contribution in [0.2, 0.25) is 5.02 Å². The third-order valence-corrected chi connectivity index (χ3v) is 7.39. The van der Waals surface area contributed by atoms with Crippen LogP contribution in [0.15, 0.2) is 29.6 Å². The molecule has 4 atom stereocenters. The quantitative estimate of drug-likeness (QED) is 0.798. The molecule has 1 aromatic heterocycles. The van der Waals surface area contributed by atoms with E-state index in [1.807, 2.05) is 29.6 Å². The van der Waals surface area contributed by atoms with Crippen molar-refractivity contribution in [2.24, 2.45) is 17.3 Å². The van der Waals surface area contributed by atoms with E-state index >= 15 is 0 Å². The van der Waals surface area contributed by atoms with E-state index in [0.717, 1.165) is 36.9 Å². The first-order valence-corrected chi connectivity index (χ1v) is 10.4. The van der Waals surface area contributed by atoms with Gasteiger partial charge in [-0.1, -0.05) is 23.7 Å². The SMILES string of the molecule is O=C(Nc1nc(-c2ccc(Cl)cc2)cs1)C12C[C@@H]3C[C@@H](CC(O)(C3)C1)C2. The fourth-order valence-corrected chi connectivity index (χ4v) is 6.63. The van der Waals surface area contributed by atoms with Gasteiger partial charge in [0.25, 0.3) is 0 Å². The third kappa shape index (κ3) is 2.77. The second-order valence-corrected chi connectivity index (χ2v) is 9.76. The van der Waals surface area contributed by atoms with Crippen molar-refractivity contribution in [1.29, 1.82) is 0 Å². The van der Waals surface area contributed by atoms with E-state index in [1.165, 1.54) is 17.8 Å². The van der Waals surface area contributed by atoms with Gasteiger partial charge in [-0.3, -0.25) is 4.79 Å². The van der Waals surface area contributed by atoms with Gasteiger partial charge in [0.05, 0.1) is 16.7 Å². The van der Waals surface area contributed by atoms with Crippen molar-refractivity contribution in [2.75, 3.05) is 5.32 Å². The summed E-state index contributed by atoms with van der Waals surface area (Å²) in [4.78, 5) is 17.7. The molecule has 4 saturated carbocycles. The number of aliphatic hydroxyl groups is 1. The molecule has 1 heterocycles. The number of anilines is 1. The molecule has 0 saturated heterocycles. The smallest absolute Gasteiger partial charge is 0.232 e. The van der Waals surface area contributed by atoms with E-state index in [2.05, 4.69) is 10.3 Å². The fourth-order valence-electron chi connectivity index (χ4n) is 5.79. The average molecular weight is 389 g/mol. The maximum absolute atomic E-state index is 13.1. The minimum Gasteiger partial charge on any atom is -0.390 e. The van der Waals surface area contributed by atoms with Crippen molar-refractivity contribution in [3.05, 3.63) is 34.7 Å². The zero-order chi connectivity index (χ0) is 17.9. The average Bonchev–Trinajstić information content (AvgIpc) is 3.01. The summed E-state index contributed by atoms with van der Waals surface area (Å²) in [5.74, 6) is 1.03. The summed E-state index contributed by atoms with van der Waals surface area (Å²) in [6.07, 6.45) is 5.34. The number of thiazole rings is 1. The molecule has 6 heteroatoms. The number of benzene rings is 1. The fraction of sp³-hybridized carbons (Fsp3) is 0.500. The third-order valence-electron chi connectivity index (χ3n) is 6.38. The van der Waals surface area contributed by atoms with Crippen LogP contribution in [0.1, 0.15) is 38.5 Å². The molecule has 6 rings (SSSR count). The number of hydrogen-bond acceptors (Lipinski definition) is 4. The van der Waals surface area contributed by atoms with Crippen molar-refractivity contribution in [2.45, 2.75) is 44.1 Å². The van der Waals surface area contributed by atoms with Gasteiger partial charge < -0.3 is 10.4 Å². The molecule has 4 bridgehead atoms. The molecule has 4 fully saturated rings. The zero-order valence-corrected chi connectivity index (χ0v) is 15.9. The van der Waals surface area contributed by atoms with E-state index in [1.54, 1.807) is 0 Å². The first-order valence-electron chi connectivity index (χ1n) is 9.18. The van der Waals surface area contributed by atoms with Gasteiger partial charge >= 0.3 is 0 Å². The predicted molar refractivity (Wildman–Crippen MR) is 103 cm³/mol. The summed E-state index contributed by atoms with van der Waals surface area (Å²) in [6.45, 7) is 0. The molecule has 1 aromatic carbocycles. The number of aromatic nitrogens is 1. The molecule has 0 radical (unpaired) electrons. The predicted octanol–water partition coefficient (Wildman–Crippen LogP) is 4.73. The van der Waals surface area contributed by atoms with E-state index in [4.69, 9.17) is 11.6 Å². The lowest BCUT2D eigenvalue weighted by Crippen LogP contribution is -2.59. The van der Waals surface area contributed by atoms with Gasteiger partial charge in [0.1, 0.15) is 0 Å². The monoisotopic (exact) mass is 388 g/mol. The van der Waals surface area contributed by atoms with Gasteiger partial charge in [0.2, 0.25) is 5.91 Å². The number of nitrogens with zero attached hydrogens (tertiary/aromatic N) is 1.